The van der Waals surface area contributed by atoms with E-state index in [0.29, 0.717) is 35.4 Å². The van der Waals surface area contributed by atoms with Crippen molar-refractivity contribution in [2.45, 2.75) is 19.8 Å². The highest BCUT2D eigenvalue weighted by Gasteiger charge is 2.18. The third-order valence-electron chi connectivity index (χ3n) is 5.35. The first-order valence-electron chi connectivity index (χ1n) is 10.8. The molecule has 0 spiro atoms. The molecule has 0 bridgehead atoms. The topological polar surface area (TPSA) is 61.9 Å². The molecule has 4 rings (SSSR count). The van der Waals surface area contributed by atoms with Gasteiger partial charge in [0.2, 0.25) is 11.6 Å². The van der Waals surface area contributed by atoms with E-state index in [1.54, 1.807) is 38.1 Å². The molecule has 0 aliphatic rings. The van der Waals surface area contributed by atoms with E-state index in [9.17, 15) is 0 Å². The molecular formula is C26H27N3O4S. The van der Waals surface area contributed by atoms with Crippen molar-refractivity contribution in [2.75, 3.05) is 21.3 Å². The van der Waals surface area contributed by atoms with E-state index in [1.165, 1.54) is 11.1 Å². The number of rotatable bonds is 10. The third-order valence-corrected chi connectivity index (χ3v) is 5.64. The number of hydrogen-bond acceptors (Lipinski definition) is 7. The van der Waals surface area contributed by atoms with Gasteiger partial charge in [0.1, 0.15) is 0 Å². The van der Waals surface area contributed by atoms with Gasteiger partial charge in [-0.3, -0.25) is 4.90 Å². The van der Waals surface area contributed by atoms with Crippen LogP contribution in [0.25, 0.3) is 11.5 Å². The van der Waals surface area contributed by atoms with E-state index in [4.69, 9.17) is 30.8 Å². The van der Waals surface area contributed by atoms with E-state index < -0.39 is 0 Å². The van der Waals surface area contributed by atoms with Crippen LogP contribution in [0.2, 0.25) is 0 Å². The molecule has 0 saturated carbocycles. The number of benzene rings is 3. The summed E-state index contributed by atoms with van der Waals surface area (Å²) in [7, 11) is 4.70. The van der Waals surface area contributed by atoms with Gasteiger partial charge in [-0.2, -0.15) is 0 Å². The Bertz CT molecular complexity index is 1210. The first kappa shape index (κ1) is 23.5. The molecule has 0 radical (unpaired) electrons. The number of aromatic nitrogens is 2. The lowest BCUT2D eigenvalue weighted by atomic mass is 10.2. The van der Waals surface area contributed by atoms with Crippen LogP contribution < -0.4 is 14.2 Å². The van der Waals surface area contributed by atoms with Crippen molar-refractivity contribution in [2.24, 2.45) is 0 Å². The van der Waals surface area contributed by atoms with E-state index in [0.717, 1.165) is 13.1 Å². The predicted molar refractivity (Wildman–Crippen MR) is 133 cm³/mol. The van der Waals surface area contributed by atoms with Crippen LogP contribution in [0.15, 0.2) is 77.2 Å². The summed E-state index contributed by atoms with van der Waals surface area (Å²) in [4.78, 5) is 2.55. The van der Waals surface area contributed by atoms with Gasteiger partial charge in [-0.1, -0.05) is 60.7 Å². The number of hydrogen-bond donors (Lipinski definition) is 0. The summed E-state index contributed by atoms with van der Waals surface area (Å²) in [5.74, 6) is 1.91. The molecule has 0 amide bonds. The molecule has 0 aliphatic heterocycles. The van der Waals surface area contributed by atoms with Crippen molar-refractivity contribution in [3.05, 3.63) is 88.8 Å². The first-order valence-corrected chi connectivity index (χ1v) is 11.2. The van der Waals surface area contributed by atoms with Crippen molar-refractivity contribution >= 4 is 12.2 Å². The molecule has 176 valence electrons. The lowest BCUT2D eigenvalue weighted by Crippen LogP contribution is -2.26. The zero-order chi connectivity index (χ0) is 23.9. The summed E-state index contributed by atoms with van der Waals surface area (Å²) in [6, 6.07) is 24.2. The normalized spacial score (nSPS) is 10.9. The summed E-state index contributed by atoms with van der Waals surface area (Å²) in [6.45, 7) is 1.95. The Kier molecular flexibility index (Phi) is 7.61. The average Bonchev–Trinajstić information content (AvgIpc) is 3.24. The maximum absolute atomic E-state index is 5.86. The molecule has 0 atom stereocenters. The Balaban J connectivity index is 1.63. The molecule has 1 heterocycles. The maximum atomic E-state index is 5.86. The molecular weight excluding hydrogens is 450 g/mol. The summed E-state index contributed by atoms with van der Waals surface area (Å²) >= 11 is 5.51. The minimum Gasteiger partial charge on any atom is -0.493 e. The van der Waals surface area contributed by atoms with E-state index >= 15 is 0 Å². The van der Waals surface area contributed by atoms with Crippen LogP contribution in [0, 0.1) is 4.84 Å². The smallest absolute Gasteiger partial charge is 0.288 e. The lowest BCUT2D eigenvalue weighted by molar-refractivity contribution is 0.185. The molecule has 0 N–H and O–H groups in total. The number of ether oxygens (including phenoxy) is 3. The van der Waals surface area contributed by atoms with Gasteiger partial charge in [0.15, 0.2) is 11.5 Å². The van der Waals surface area contributed by atoms with Crippen LogP contribution >= 0.6 is 12.2 Å². The highest BCUT2D eigenvalue weighted by Crippen LogP contribution is 2.40. The fourth-order valence-corrected chi connectivity index (χ4v) is 3.92. The Morgan fingerprint density at radius 3 is 1.82 bits per heavy atom. The van der Waals surface area contributed by atoms with Crippen molar-refractivity contribution < 1.29 is 18.6 Å². The van der Waals surface area contributed by atoms with Crippen molar-refractivity contribution in [1.82, 2.24) is 14.7 Å². The van der Waals surface area contributed by atoms with Crippen LogP contribution in [0.3, 0.4) is 0 Å². The van der Waals surface area contributed by atoms with Crippen molar-refractivity contribution in [1.29, 1.82) is 0 Å². The van der Waals surface area contributed by atoms with Gasteiger partial charge in [0, 0.05) is 18.7 Å². The fourth-order valence-electron chi connectivity index (χ4n) is 3.75. The van der Waals surface area contributed by atoms with Crippen LogP contribution in [0.1, 0.15) is 11.1 Å². The lowest BCUT2D eigenvalue weighted by Gasteiger charge is -2.22. The summed E-state index contributed by atoms with van der Waals surface area (Å²) in [5.41, 5.74) is 3.09. The van der Waals surface area contributed by atoms with Crippen LogP contribution in [-0.4, -0.2) is 36.0 Å². The highest BCUT2D eigenvalue weighted by atomic mass is 32.1. The van der Waals surface area contributed by atoms with Gasteiger partial charge < -0.3 is 18.6 Å². The summed E-state index contributed by atoms with van der Waals surface area (Å²) in [5, 5.41) is 4.66. The molecule has 8 heteroatoms. The van der Waals surface area contributed by atoms with Gasteiger partial charge in [-0.15, -0.1) is 5.10 Å². The van der Waals surface area contributed by atoms with Gasteiger partial charge in [0.05, 0.1) is 28.0 Å². The largest absolute Gasteiger partial charge is 0.493 e. The molecule has 4 aromatic rings. The van der Waals surface area contributed by atoms with Gasteiger partial charge in [-0.05, 0) is 35.5 Å². The van der Waals surface area contributed by atoms with Gasteiger partial charge in [0.25, 0.3) is 4.84 Å². The average molecular weight is 478 g/mol. The second-order valence-corrected chi connectivity index (χ2v) is 8.04. The zero-order valence-electron chi connectivity index (χ0n) is 19.4. The molecule has 0 fully saturated rings. The van der Waals surface area contributed by atoms with Crippen LogP contribution in [0.4, 0.5) is 0 Å². The second-order valence-electron chi connectivity index (χ2n) is 7.69. The summed E-state index contributed by atoms with van der Waals surface area (Å²) < 4.78 is 23.9. The summed E-state index contributed by atoms with van der Waals surface area (Å²) in [6.07, 6.45) is 0. The first-order chi connectivity index (χ1) is 16.6. The number of methoxy groups -OCH3 is 3. The quantitative estimate of drug-likeness (QED) is 0.277. The Morgan fingerprint density at radius 1 is 0.824 bits per heavy atom. The number of nitrogens with zero attached hydrogens (tertiary/aromatic N) is 3. The van der Waals surface area contributed by atoms with Crippen molar-refractivity contribution in [3.63, 3.8) is 0 Å². The van der Waals surface area contributed by atoms with Crippen LogP contribution in [-0.2, 0) is 19.8 Å². The molecule has 3 aromatic carbocycles. The van der Waals surface area contributed by atoms with E-state index in [1.807, 2.05) is 36.4 Å². The standard InChI is InChI=1S/C26H27N3O4S/c1-30-22-14-21(15-23(31-2)24(22)32-3)25-27-29(26(34)33-25)18-28(16-19-10-6-4-7-11-19)17-20-12-8-5-9-13-20/h4-15H,16-18H2,1-3H3. The molecule has 0 aliphatic carbocycles. The second kappa shape index (κ2) is 11.0. The molecule has 34 heavy (non-hydrogen) atoms. The predicted octanol–water partition coefficient (Wildman–Crippen LogP) is 5.56. The minimum absolute atomic E-state index is 0.287. The molecule has 0 unspecified atom stereocenters. The van der Waals surface area contributed by atoms with E-state index in [2.05, 4.69) is 34.3 Å². The Morgan fingerprint density at radius 2 is 1.35 bits per heavy atom. The Labute approximate surface area is 204 Å². The Hall–Kier alpha value is -3.62. The fraction of sp³-hybridized carbons (Fsp3) is 0.231. The molecule has 1 aromatic heterocycles. The monoisotopic (exact) mass is 477 g/mol. The maximum Gasteiger partial charge on any atom is 0.288 e. The van der Waals surface area contributed by atoms with Gasteiger partial charge in [-0.25, -0.2) is 4.68 Å². The minimum atomic E-state index is 0.287. The van der Waals surface area contributed by atoms with E-state index in [-0.39, 0.29) is 4.84 Å². The SMILES string of the molecule is COc1cc(-c2nn(CN(Cc3ccccc3)Cc3ccccc3)c(=S)o2)cc(OC)c1OC. The zero-order valence-corrected chi connectivity index (χ0v) is 20.2. The van der Waals surface area contributed by atoms with Gasteiger partial charge >= 0.3 is 0 Å². The molecule has 7 nitrogen and oxygen atoms in total. The third kappa shape index (κ3) is 5.47. The molecule has 0 saturated heterocycles. The highest BCUT2D eigenvalue weighted by molar-refractivity contribution is 7.71. The van der Waals surface area contributed by atoms with Crippen LogP contribution in [0.5, 0.6) is 17.2 Å². The van der Waals surface area contributed by atoms with Crippen molar-refractivity contribution in [3.8, 4) is 28.7 Å².